The molecular weight excluding hydrogens is 364 g/mol. The molecule has 1 nitrogen and oxygen atoms in total. The van der Waals surface area contributed by atoms with Crippen LogP contribution in [0.25, 0.3) is 11.1 Å². The quantitative estimate of drug-likeness (QED) is 0.389. The lowest BCUT2D eigenvalue weighted by Crippen LogP contribution is -2.15. The maximum Gasteiger partial charge on any atom is 0.119 e. The van der Waals surface area contributed by atoms with Crippen LogP contribution in [0.5, 0.6) is 5.75 Å². The molecule has 0 aromatic heterocycles. The topological polar surface area (TPSA) is 9.23 Å². The summed E-state index contributed by atoms with van der Waals surface area (Å²) in [5.41, 5.74) is 5.54. The third kappa shape index (κ3) is 5.14. The highest BCUT2D eigenvalue weighted by molar-refractivity contribution is 5.64. The monoisotopic (exact) mass is 398 g/mol. The fourth-order valence-corrected chi connectivity index (χ4v) is 5.01. The van der Waals surface area contributed by atoms with E-state index in [1.54, 1.807) is 0 Å². The van der Waals surface area contributed by atoms with Gasteiger partial charge in [0.25, 0.3) is 0 Å². The Hall–Kier alpha value is -2.54. The number of benzene rings is 3. The first-order valence-corrected chi connectivity index (χ1v) is 11.6. The largest absolute Gasteiger partial charge is 0.494 e. The third-order valence-corrected chi connectivity index (χ3v) is 6.78. The molecule has 0 unspecified atom stereocenters. The molecule has 0 radical (unpaired) electrons. The van der Waals surface area contributed by atoms with Gasteiger partial charge in [0, 0.05) is 0 Å². The molecule has 1 aliphatic carbocycles. The highest BCUT2D eigenvalue weighted by Crippen LogP contribution is 2.40. The summed E-state index contributed by atoms with van der Waals surface area (Å²) in [4.78, 5) is 0. The molecule has 156 valence electrons. The van der Waals surface area contributed by atoms with Crippen LogP contribution in [-0.2, 0) is 0 Å². The second-order valence-corrected chi connectivity index (χ2v) is 8.84. The summed E-state index contributed by atoms with van der Waals surface area (Å²) in [6.07, 6.45) is 6.71. The van der Waals surface area contributed by atoms with Crippen molar-refractivity contribution in [2.75, 3.05) is 6.61 Å². The van der Waals surface area contributed by atoms with E-state index in [4.69, 9.17) is 4.74 Å². The van der Waals surface area contributed by atoms with Gasteiger partial charge in [-0.25, -0.2) is 0 Å². The van der Waals surface area contributed by atoms with Crippen LogP contribution in [0.1, 0.15) is 68.9 Å². The summed E-state index contributed by atoms with van der Waals surface area (Å²) in [5, 5.41) is 0. The first-order valence-electron chi connectivity index (χ1n) is 11.6. The number of hydrogen-bond acceptors (Lipinski definition) is 1. The first-order chi connectivity index (χ1) is 14.7. The van der Waals surface area contributed by atoms with Crippen LogP contribution < -0.4 is 4.74 Å². The number of rotatable bonds is 7. The Labute approximate surface area is 182 Å². The fraction of sp³-hybridized carbons (Fsp3) is 0.379. The number of hydrogen-bond donors (Lipinski definition) is 0. The average molecular weight is 399 g/mol. The molecule has 0 heterocycles. The molecule has 3 aromatic carbocycles. The van der Waals surface area contributed by atoms with Crippen LogP contribution in [0.2, 0.25) is 0 Å². The van der Waals surface area contributed by atoms with Crippen LogP contribution in [-0.4, -0.2) is 6.61 Å². The molecule has 1 heteroatoms. The smallest absolute Gasteiger partial charge is 0.119 e. The van der Waals surface area contributed by atoms with Crippen LogP contribution in [0.4, 0.5) is 0 Å². The molecule has 1 atom stereocenters. The van der Waals surface area contributed by atoms with E-state index in [9.17, 15) is 0 Å². The van der Waals surface area contributed by atoms with Gasteiger partial charge in [-0.1, -0.05) is 73.7 Å². The summed E-state index contributed by atoms with van der Waals surface area (Å²) >= 11 is 0. The molecule has 0 saturated heterocycles. The van der Waals surface area contributed by atoms with Crippen molar-refractivity contribution in [3.8, 4) is 16.9 Å². The van der Waals surface area contributed by atoms with Gasteiger partial charge in [0.1, 0.15) is 5.75 Å². The predicted molar refractivity (Wildman–Crippen MR) is 127 cm³/mol. The van der Waals surface area contributed by atoms with E-state index in [0.29, 0.717) is 12.5 Å². The Kier molecular flexibility index (Phi) is 6.89. The summed E-state index contributed by atoms with van der Waals surface area (Å²) in [7, 11) is 0. The van der Waals surface area contributed by atoms with E-state index in [-0.39, 0.29) is 0 Å². The Morgan fingerprint density at radius 3 is 1.97 bits per heavy atom. The molecule has 0 bridgehead atoms. The van der Waals surface area contributed by atoms with Crippen molar-refractivity contribution in [2.24, 2.45) is 5.92 Å². The number of ether oxygens (including phenoxy) is 1. The summed E-state index contributed by atoms with van der Waals surface area (Å²) in [5.74, 6) is 3.21. The molecule has 1 saturated carbocycles. The van der Waals surface area contributed by atoms with E-state index in [1.807, 2.05) is 6.92 Å². The molecule has 1 fully saturated rings. The van der Waals surface area contributed by atoms with E-state index in [0.717, 1.165) is 17.6 Å². The van der Waals surface area contributed by atoms with Crippen LogP contribution in [0, 0.1) is 5.92 Å². The van der Waals surface area contributed by atoms with Gasteiger partial charge in [0.15, 0.2) is 0 Å². The average Bonchev–Trinajstić information content (AvgIpc) is 2.81. The Bertz CT molecular complexity index is 887. The molecular formula is C29H34O. The lowest BCUT2D eigenvalue weighted by Gasteiger charge is -2.30. The molecule has 0 N–H and O–H groups in total. The Balaban J connectivity index is 1.31. The highest BCUT2D eigenvalue weighted by Gasteiger charge is 2.24. The highest BCUT2D eigenvalue weighted by atomic mass is 16.5. The minimum absolute atomic E-state index is 0.668. The molecule has 0 amide bonds. The van der Waals surface area contributed by atoms with Gasteiger partial charge in [-0.05, 0) is 91.2 Å². The fourth-order valence-electron chi connectivity index (χ4n) is 5.01. The van der Waals surface area contributed by atoms with E-state index >= 15 is 0 Å². The minimum atomic E-state index is 0.668. The van der Waals surface area contributed by atoms with Gasteiger partial charge in [-0.2, -0.15) is 0 Å². The van der Waals surface area contributed by atoms with Crippen LogP contribution in [0.3, 0.4) is 0 Å². The van der Waals surface area contributed by atoms with Gasteiger partial charge in [-0.3, -0.25) is 0 Å². The zero-order chi connectivity index (χ0) is 20.8. The van der Waals surface area contributed by atoms with Gasteiger partial charge in [0.2, 0.25) is 0 Å². The van der Waals surface area contributed by atoms with Crippen molar-refractivity contribution >= 4 is 0 Å². The maximum absolute atomic E-state index is 5.55. The maximum atomic E-state index is 5.55. The summed E-state index contributed by atoms with van der Waals surface area (Å²) < 4.78 is 5.55. The van der Waals surface area contributed by atoms with Crippen LogP contribution in [0.15, 0.2) is 78.9 Å². The summed E-state index contributed by atoms with van der Waals surface area (Å²) in [6, 6.07) is 28.7. The van der Waals surface area contributed by atoms with Crippen molar-refractivity contribution in [2.45, 2.75) is 57.8 Å². The second-order valence-electron chi connectivity index (χ2n) is 8.84. The first kappa shape index (κ1) is 20.7. The van der Waals surface area contributed by atoms with Crippen molar-refractivity contribution in [3.63, 3.8) is 0 Å². The molecule has 0 spiro atoms. The lowest BCUT2D eigenvalue weighted by molar-refractivity contribution is 0.297. The standard InChI is InChI=1S/C29H34O/c1-3-30-29-19-17-28(18-20-29)27-15-13-26(14-16-27)25-11-9-23(10-12-25)21-22(2)24-7-5-4-6-8-24/h4-8,13-20,22-23,25H,3,9-12,21H2,1-2H3/t22-,23?,25?/m0/s1. The lowest BCUT2D eigenvalue weighted by atomic mass is 9.75. The SMILES string of the molecule is CCOc1ccc(-c2ccc(C3CCC(C[C@H](C)c4ccccc4)CC3)cc2)cc1. The minimum Gasteiger partial charge on any atom is -0.494 e. The third-order valence-electron chi connectivity index (χ3n) is 6.78. The van der Waals surface area contributed by atoms with Crippen molar-refractivity contribution in [3.05, 3.63) is 90.0 Å². The zero-order valence-electron chi connectivity index (χ0n) is 18.4. The van der Waals surface area contributed by atoms with Gasteiger partial charge >= 0.3 is 0 Å². The van der Waals surface area contributed by atoms with Crippen molar-refractivity contribution in [1.82, 2.24) is 0 Å². The molecule has 1 aliphatic rings. The van der Waals surface area contributed by atoms with E-state index < -0.39 is 0 Å². The van der Waals surface area contributed by atoms with Gasteiger partial charge < -0.3 is 4.74 Å². The molecule has 0 aliphatic heterocycles. The summed E-state index contributed by atoms with van der Waals surface area (Å²) in [6.45, 7) is 5.12. The van der Waals surface area contributed by atoms with Crippen molar-refractivity contribution in [1.29, 1.82) is 0 Å². The second kappa shape index (κ2) is 9.98. The Morgan fingerprint density at radius 2 is 1.37 bits per heavy atom. The van der Waals surface area contributed by atoms with Crippen molar-refractivity contribution < 1.29 is 4.74 Å². The molecule has 30 heavy (non-hydrogen) atoms. The van der Waals surface area contributed by atoms with E-state index in [1.165, 1.54) is 54.4 Å². The predicted octanol–water partition coefficient (Wildman–Crippen LogP) is 8.22. The Morgan fingerprint density at radius 1 is 0.767 bits per heavy atom. The molecule has 3 aromatic rings. The van der Waals surface area contributed by atoms with Gasteiger partial charge in [0.05, 0.1) is 6.61 Å². The van der Waals surface area contributed by atoms with Crippen LogP contribution >= 0.6 is 0 Å². The van der Waals surface area contributed by atoms with E-state index in [2.05, 4.69) is 85.8 Å². The normalized spacial score (nSPS) is 19.9. The zero-order valence-corrected chi connectivity index (χ0v) is 18.4. The van der Waals surface area contributed by atoms with Gasteiger partial charge in [-0.15, -0.1) is 0 Å². The molecule has 4 rings (SSSR count).